The Labute approximate surface area is 92.5 Å². The summed E-state index contributed by atoms with van der Waals surface area (Å²) in [6, 6.07) is 6.39. The summed E-state index contributed by atoms with van der Waals surface area (Å²) in [6.45, 7) is 0. The Morgan fingerprint density at radius 1 is 1.25 bits per heavy atom. The van der Waals surface area contributed by atoms with Crippen LogP contribution in [0.2, 0.25) is 0 Å². The largest absolute Gasteiger partial charge is 0.453 e. The van der Waals surface area contributed by atoms with Crippen molar-refractivity contribution in [3.05, 3.63) is 24.3 Å². The maximum Gasteiger partial charge on any atom is 0.412 e. The van der Waals surface area contributed by atoms with E-state index < -0.39 is 12.2 Å². The number of carbonyl (C=O) groups is 2. The van der Waals surface area contributed by atoms with Gasteiger partial charge in [-0.15, -0.1) is 0 Å². The van der Waals surface area contributed by atoms with Crippen LogP contribution in [0.4, 0.5) is 15.3 Å². The highest BCUT2D eigenvalue weighted by molar-refractivity contribution is 5.84. The average molecular weight is 224 g/mol. The maximum atomic E-state index is 10.9. The van der Waals surface area contributed by atoms with Crippen LogP contribution in [0.15, 0.2) is 24.3 Å². The van der Waals surface area contributed by atoms with Gasteiger partial charge in [0, 0.05) is 18.8 Å². The minimum atomic E-state index is -0.586. The van der Waals surface area contributed by atoms with Crippen LogP contribution in [0, 0.1) is 0 Å². The number of carbonyl (C=O) groups excluding carboxylic acids is 2. The second-order valence-corrected chi connectivity index (χ2v) is 2.78. The summed E-state index contributed by atoms with van der Waals surface area (Å²) in [6.07, 6.45) is -1.16. The van der Waals surface area contributed by atoms with E-state index in [1.165, 1.54) is 20.2 Å². The van der Waals surface area contributed by atoms with E-state index in [2.05, 4.69) is 15.4 Å². The van der Waals surface area contributed by atoms with E-state index in [4.69, 9.17) is 4.74 Å². The molecular weight excluding hydrogens is 212 g/mol. The van der Waals surface area contributed by atoms with Gasteiger partial charge in [0.25, 0.3) is 0 Å². The van der Waals surface area contributed by atoms with Gasteiger partial charge in [-0.2, -0.15) is 0 Å². The van der Waals surface area contributed by atoms with Crippen LogP contribution in [-0.2, 0) is 4.74 Å². The minimum Gasteiger partial charge on any atom is -0.453 e. The molecule has 86 valence electrons. The molecule has 0 atom stereocenters. The third-order valence-electron chi connectivity index (χ3n) is 1.68. The van der Waals surface area contributed by atoms with E-state index in [9.17, 15) is 9.59 Å². The first kappa shape index (κ1) is 11.8. The van der Waals surface area contributed by atoms with Gasteiger partial charge in [-0.25, -0.2) is 9.59 Å². The lowest BCUT2D eigenvalue weighted by Gasteiger charge is -2.06. The van der Waals surface area contributed by atoms with Crippen molar-refractivity contribution in [1.29, 1.82) is 0 Å². The molecule has 0 bridgehead atoms. The summed E-state index contributed by atoms with van der Waals surface area (Å²) >= 11 is 0. The number of benzene rings is 1. The second-order valence-electron chi connectivity index (χ2n) is 2.78. The first-order valence-electron chi connectivity index (χ1n) is 4.50. The molecule has 0 saturated carbocycles. The molecule has 0 saturated heterocycles. The highest BCUT2D eigenvalue weighted by atomic mass is 16.6. The molecule has 1 rings (SSSR count). The van der Waals surface area contributed by atoms with E-state index in [0.717, 1.165) is 0 Å². The number of ether oxygens (including phenoxy) is 2. The van der Waals surface area contributed by atoms with Crippen LogP contribution >= 0.6 is 0 Å². The van der Waals surface area contributed by atoms with Gasteiger partial charge < -0.3 is 14.8 Å². The molecule has 1 aromatic carbocycles. The summed E-state index contributed by atoms with van der Waals surface area (Å²) in [4.78, 5) is 21.8. The van der Waals surface area contributed by atoms with E-state index in [1.54, 1.807) is 18.2 Å². The zero-order valence-corrected chi connectivity index (χ0v) is 8.94. The quantitative estimate of drug-likeness (QED) is 0.799. The topological polar surface area (TPSA) is 76.7 Å². The lowest BCUT2D eigenvalue weighted by molar-refractivity contribution is 0.187. The summed E-state index contributed by atoms with van der Waals surface area (Å²) in [7, 11) is 2.72. The standard InChI is InChI=1S/C10H12N2O4/c1-11-9(13)16-8-5-3-4-7(6-8)12-10(14)15-2/h3-6H,1-2H3,(H,11,13)(H,12,14). The third-order valence-corrected chi connectivity index (χ3v) is 1.68. The third kappa shape index (κ3) is 3.49. The number of methoxy groups -OCH3 is 1. The zero-order valence-electron chi connectivity index (χ0n) is 8.94. The highest BCUT2D eigenvalue weighted by Crippen LogP contribution is 2.17. The fourth-order valence-corrected chi connectivity index (χ4v) is 0.964. The van der Waals surface area contributed by atoms with Crippen LogP contribution in [0.25, 0.3) is 0 Å². The molecule has 2 N–H and O–H groups in total. The Bertz CT molecular complexity index is 359. The Morgan fingerprint density at radius 2 is 2.00 bits per heavy atom. The number of amides is 2. The van der Waals surface area contributed by atoms with Crippen LogP contribution in [0.5, 0.6) is 5.75 Å². The monoisotopic (exact) mass is 224 g/mol. The van der Waals surface area contributed by atoms with Crippen molar-refractivity contribution < 1.29 is 19.1 Å². The SMILES string of the molecule is CNC(=O)Oc1cccc(NC(=O)OC)c1. The summed E-state index contributed by atoms with van der Waals surface area (Å²) in [5, 5.41) is 4.76. The molecule has 0 aliphatic heterocycles. The van der Waals surface area contributed by atoms with Gasteiger partial charge in [-0.1, -0.05) is 6.07 Å². The fourth-order valence-electron chi connectivity index (χ4n) is 0.964. The molecular formula is C10H12N2O4. The van der Waals surface area contributed by atoms with Crippen molar-refractivity contribution in [3.63, 3.8) is 0 Å². The van der Waals surface area contributed by atoms with Crippen molar-refractivity contribution in [2.75, 3.05) is 19.5 Å². The normalized spacial score (nSPS) is 9.12. The average Bonchev–Trinajstić information content (AvgIpc) is 2.29. The predicted molar refractivity (Wildman–Crippen MR) is 57.6 cm³/mol. The molecule has 0 heterocycles. The minimum absolute atomic E-state index is 0.327. The summed E-state index contributed by atoms with van der Waals surface area (Å²) in [5.74, 6) is 0.327. The van der Waals surface area contributed by atoms with Crippen LogP contribution in [-0.4, -0.2) is 26.3 Å². The van der Waals surface area contributed by atoms with Gasteiger partial charge in [0.15, 0.2) is 0 Å². The van der Waals surface area contributed by atoms with Crippen LogP contribution < -0.4 is 15.4 Å². The van der Waals surface area contributed by atoms with Crippen molar-refractivity contribution in [2.24, 2.45) is 0 Å². The molecule has 6 heteroatoms. The summed E-state index contributed by atoms with van der Waals surface area (Å²) < 4.78 is 9.30. The van der Waals surface area contributed by atoms with Gasteiger partial charge in [0.05, 0.1) is 7.11 Å². The number of hydrogen-bond acceptors (Lipinski definition) is 4. The Balaban J connectivity index is 2.71. The van der Waals surface area contributed by atoms with E-state index in [-0.39, 0.29) is 0 Å². The van der Waals surface area contributed by atoms with E-state index in [0.29, 0.717) is 11.4 Å². The molecule has 1 aromatic rings. The van der Waals surface area contributed by atoms with Gasteiger partial charge in [-0.3, -0.25) is 5.32 Å². The van der Waals surface area contributed by atoms with Gasteiger partial charge >= 0.3 is 12.2 Å². The molecule has 2 amide bonds. The molecule has 0 fully saturated rings. The number of rotatable bonds is 2. The predicted octanol–water partition coefficient (Wildman–Crippen LogP) is 1.58. The molecule has 0 spiro atoms. The van der Waals surface area contributed by atoms with Gasteiger partial charge in [0.2, 0.25) is 0 Å². The Kier molecular flexibility index (Phi) is 4.14. The molecule has 0 unspecified atom stereocenters. The lowest BCUT2D eigenvalue weighted by atomic mass is 10.3. The summed E-state index contributed by atoms with van der Waals surface area (Å²) in [5.41, 5.74) is 0.480. The van der Waals surface area contributed by atoms with Crippen LogP contribution in [0.3, 0.4) is 0 Å². The fraction of sp³-hybridized carbons (Fsp3) is 0.200. The molecule has 0 aliphatic carbocycles. The molecule has 16 heavy (non-hydrogen) atoms. The van der Waals surface area contributed by atoms with E-state index in [1.807, 2.05) is 0 Å². The maximum absolute atomic E-state index is 10.9. The molecule has 0 radical (unpaired) electrons. The zero-order chi connectivity index (χ0) is 12.0. The van der Waals surface area contributed by atoms with Crippen molar-refractivity contribution in [3.8, 4) is 5.75 Å². The second kappa shape index (κ2) is 5.59. The van der Waals surface area contributed by atoms with Crippen molar-refractivity contribution in [2.45, 2.75) is 0 Å². The first-order chi connectivity index (χ1) is 7.65. The Hall–Kier alpha value is -2.24. The van der Waals surface area contributed by atoms with Gasteiger partial charge in [-0.05, 0) is 12.1 Å². The molecule has 0 aliphatic rings. The molecule has 6 nitrogen and oxygen atoms in total. The Morgan fingerprint density at radius 3 is 2.62 bits per heavy atom. The number of nitrogens with one attached hydrogen (secondary N) is 2. The smallest absolute Gasteiger partial charge is 0.412 e. The molecule has 0 aromatic heterocycles. The van der Waals surface area contributed by atoms with Crippen molar-refractivity contribution >= 4 is 17.9 Å². The van der Waals surface area contributed by atoms with E-state index >= 15 is 0 Å². The first-order valence-corrected chi connectivity index (χ1v) is 4.50. The number of anilines is 1. The van der Waals surface area contributed by atoms with Gasteiger partial charge in [0.1, 0.15) is 5.75 Å². The highest BCUT2D eigenvalue weighted by Gasteiger charge is 2.04. The number of hydrogen-bond donors (Lipinski definition) is 2. The van der Waals surface area contributed by atoms with Crippen molar-refractivity contribution in [1.82, 2.24) is 5.32 Å². The van der Waals surface area contributed by atoms with Crippen LogP contribution in [0.1, 0.15) is 0 Å². The lowest BCUT2D eigenvalue weighted by Crippen LogP contribution is -2.22.